The van der Waals surface area contributed by atoms with Crippen LogP contribution < -0.4 is 18.9 Å². The first-order valence-corrected chi connectivity index (χ1v) is 10.1. The van der Waals surface area contributed by atoms with Gasteiger partial charge in [0.2, 0.25) is 0 Å². The van der Waals surface area contributed by atoms with E-state index in [0.717, 1.165) is 49.0 Å². The Hall–Kier alpha value is -2.44. The van der Waals surface area contributed by atoms with Crippen molar-refractivity contribution in [2.45, 2.75) is 33.1 Å². The summed E-state index contributed by atoms with van der Waals surface area (Å²) in [4.78, 5) is 0. The van der Waals surface area contributed by atoms with Crippen molar-refractivity contribution < 1.29 is 29.2 Å². The third-order valence-corrected chi connectivity index (χ3v) is 4.52. The zero-order chi connectivity index (χ0) is 22.9. The highest BCUT2D eigenvalue weighted by Crippen LogP contribution is 2.30. The van der Waals surface area contributed by atoms with Gasteiger partial charge < -0.3 is 29.2 Å². The van der Waals surface area contributed by atoms with Crippen LogP contribution in [0.25, 0.3) is 0 Å². The van der Waals surface area contributed by atoms with Gasteiger partial charge in [0.25, 0.3) is 0 Å². The fourth-order valence-electron chi connectivity index (χ4n) is 3.01. The van der Waals surface area contributed by atoms with E-state index in [1.807, 2.05) is 50.2 Å². The number of hydrogen-bond donors (Lipinski definition) is 2. The van der Waals surface area contributed by atoms with E-state index < -0.39 is 0 Å². The molecule has 1 atom stereocenters. The van der Waals surface area contributed by atoms with Gasteiger partial charge in [-0.25, -0.2) is 0 Å². The molecule has 0 amide bonds. The highest BCUT2D eigenvalue weighted by Gasteiger charge is 2.13. The first-order chi connectivity index (χ1) is 14.6. The van der Waals surface area contributed by atoms with Gasteiger partial charge in [-0.3, -0.25) is 0 Å². The van der Waals surface area contributed by atoms with Gasteiger partial charge in [0, 0.05) is 13.7 Å². The second-order valence-corrected chi connectivity index (χ2v) is 6.17. The van der Waals surface area contributed by atoms with Crippen molar-refractivity contribution in [3.8, 4) is 23.0 Å². The third kappa shape index (κ3) is 8.51. The average Bonchev–Trinajstić information content (AvgIpc) is 2.83. The fourth-order valence-corrected chi connectivity index (χ4v) is 3.01. The van der Waals surface area contributed by atoms with Crippen molar-refractivity contribution in [2.24, 2.45) is 5.92 Å². The second kappa shape index (κ2) is 16.4. The van der Waals surface area contributed by atoms with E-state index >= 15 is 0 Å². The molecule has 6 heteroatoms. The molecule has 2 aromatic carbocycles. The molecule has 6 nitrogen and oxygen atoms in total. The standard InChI is InChI=1S/C21H28O5.C2H6.CH4O/c1-23-18-9-7-15(12-20(18)25-3)5-6-17(14-22)11-16-8-10-19(24-2)21(13-16)26-4;2*1-2/h7-10,12-13,17,22H,5-6,11,14H2,1-4H3;1-2H3;2H,1H3. The quantitative estimate of drug-likeness (QED) is 0.599. The van der Waals surface area contributed by atoms with Gasteiger partial charge in [0.05, 0.1) is 28.4 Å². The lowest BCUT2D eigenvalue weighted by Gasteiger charge is -2.16. The molecular weight excluding hydrogens is 384 g/mol. The Morgan fingerprint density at radius 3 is 1.57 bits per heavy atom. The van der Waals surface area contributed by atoms with Crippen molar-refractivity contribution >= 4 is 0 Å². The summed E-state index contributed by atoms with van der Waals surface area (Å²) in [5.41, 5.74) is 2.28. The molecule has 2 aromatic rings. The molecule has 0 heterocycles. The summed E-state index contributed by atoms with van der Waals surface area (Å²) >= 11 is 0. The zero-order valence-electron chi connectivity index (χ0n) is 19.4. The van der Waals surface area contributed by atoms with E-state index in [0.29, 0.717) is 11.5 Å². The summed E-state index contributed by atoms with van der Waals surface area (Å²) in [6.07, 6.45) is 2.52. The first kappa shape index (κ1) is 27.6. The second-order valence-electron chi connectivity index (χ2n) is 6.17. The van der Waals surface area contributed by atoms with Gasteiger partial charge in [-0.05, 0) is 60.6 Å². The molecule has 0 bridgehead atoms. The lowest BCUT2D eigenvalue weighted by atomic mass is 9.93. The Balaban J connectivity index is 0.00000198. The Morgan fingerprint density at radius 1 is 0.700 bits per heavy atom. The largest absolute Gasteiger partial charge is 0.493 e. The van der Waals surface area contributed by atoms with Gasteiger partial charge in [-0.1, -0.05) is 26.0 Å². The lowest BCUT2D eigenvalue weighted by Crippen LogP contribution is -2.11. The summed E-state index contributed by atoms with van der Waals surface area (Å²) in [5, 5.41) is 16.8. The van der Waals surface area contributed by atoms with Crippen LogP contribution in [0.15, 0.2) is 36.4 Å². The van der Waals surface area contributed by atoms with Crippen molar-refractivity contribution in [1.82, 2.24) is 0 Å². The predicted molar refractivity (Wildman–Crippen MR) is 121 cm³/mol. The molecule has 170 valence electrons. The molecule has 0 aromatic heterocycles. The van der Waals surface area contributed by atoms with E-state index in [1.165, 1.54) is 0 Å². The molecule has 0 spiro atoms. The number of ether oxygens (including phenoxy) is 4. The summed E-state index contributed by atoms with van der Waals surface area (Å²) in [7, 11) is 7.51. The maximum Gasteiger partial charge on any atom is 0.160 e. The molecule has 0 aliphatic rings. The molecule has 0 saturated carbocycles. The van der Waals surface area contributed by atoms with Crippen LogP contribution in [0.5, 0.6) is 23.0 Å². The summed E-state index contributed by atoms with van der Waals surface area (Å²) in [6, 6.07) is 11.8. The van der Waals surface area contributed by atoms with Gasteiger partial charge in [0.15, 0.2) is 23.0 Å². The Bertz CT molecular complexity index is 702. The molecule has 1 unspecified atom stereocenters. The highest BCUT2D eigenvalue weighted by molar-refractivity contribution is 5.44. The minimum absolute atomic E-state index is 0.141. The number of aliphatic hydroxyl groups is 2. The molecule has 2 N–H and O–H groups in total. The predicted octanol–water partition coefficient (Wildman–Crippen LogP) is 4.14. The van der Waals surface area contributed by atoms with E-state index in [9.17, 15) is 5.11 Å². The Morgan fingerprint density at radius 2 is 1.13 bits per heavy atom. The van der Waals surface area contributed by atoms with Crippen molar-refractivity contribution in [1.29, 1.82) is 0 Å². The van der Waals surface area contributed by atoms with Crippen LogP contribution in [0.3, 0.4) is 0 Å². The van der Waals surface area contributed by atoms with Crippen LogP contribution in [-0.4, -0.2) is 52.4 Å². The number of methoxy groups -OCH3 is 4. The van der Waals surface area contributed by atoms with Crippen molar-refractivity contribution in [2.75, 3.05) is 42.2 Å². The van der Waals surface area contributed by atoms with Gasteiger partial charge in [0.1, 0.15) is 0 Å². The average molecular weight is 423 g/mol. The number of rotatable bonds is 10. The van der Waals surface area contributed by atoms with Crippen LogP contribution in [-0.2, 0) is 12.8 Å². The molecule has 0 aliphatic heterocycles. The highest BCUT2D eigenvalue weighted by atomic mass is 16.5. The van der Waals surface area contributed by atoms with E-state index in [-0.39, 0.29) is 12.5 Å². The topological polar surface area (TPSA) is 77.4 Å². The van der Waals surface area contributed by atoms with Crippen LogP contribution in [0.1, 0.15) is 31.4 Å². The number of hydrogen-bond acceptors (Lipinski definition) is 6. The van der Waals surface area contributed by atoms with E-state index in [4.69, 9.17) is 24.1 Å². The number of benzene rings is 2. The lowest BCUT2D eigenvalue weighted by molar-refractivity contribution is 0.218. The SMILES string of the molecule is CC.CO.COc1ccc(CCC(CO)Cc2ccc(OC)c(OC)c2)cc1OC. The first-order valence-electron chi connectivity index (χ1n) is 10.1. The smallest absolute Gasteiger partial charge is 0.160 e. The zero-order valence-corrected chi connectivity index (χ0v) is 19.4. The van der Waals surface area contributed by atoms with Crippen LogP contribution in [0, 0.1) is 5.92 Å². The Kier molecular flexibility index (Phi) is 15.0. The minimum Gasteiger partial charge on any atom is -0.493 e. The van der Waals surface area contributed by atoms with E-state index in [1.54, 1.807) is 28.4 Å². The summed E-state index contributed by atoms with van der Waals surface area (Å²) < 4.78 is 21.3. The Labute approximate surface area is 181 Å². The molecule has 30 heavy (non-hydrogen) atoms. The number of aryl methyl sites for hydroxylation is 1. The molecular formula is C24H38O6. The monoisotopic (exact) mass is 422 g/mol. The van der Waals surface area contributed by atoms with Gasteiger partial charge in [-0.15, -0.1) is 0 Å². The fraction of sp³-hybridized carbons (Fsp3) is 0.500. The maximum absolute atomic E-state index is 9.77. The molecule has 0 saturated heterocycles. The molecule has 2 rings (SSSR count). The molecule has 0 radical (unpaired) electrons. The summed E-state index contributed by atoms with van der Waals surface area (Å²) in [5.74, 6) is 3.04. The van der Waals surface area contributed by atoms with Gasteiger partial charge in [-0.2, -0.15) is 0 Å². The summed E-state index contributed by atoms with van der Waals surface area (Å²) in [6.45, 7) is 4.14. The number of aliphatic hydroxyl groups excluding tert-OH is 2. The minimum atomic E-state index is 0.141. The van der Waals surface area contributed by atoms with Crippen LogP contribution in [0.4, 0.5) is 0 Å². The molecule has 0 fully saturated rings. The molecule has 0 aliphatic carbocycles. The van der Waals surface area contributed by atoms with Crippen LogP contribution >= 0.6 is 0 Å². The van der Waals surface area contributed by atoms with Crippen molar-refractivity contribution in [3.05, 3.63) is 47.5 Å². The normalized spacial score (nSPS) is 10.6. The third-order valence-electron chi connectivity index (χ3n) is 4.52. The van der Waals surface area contributed by atoms with Crippen molar-refractivity contribution in [3.63, 3.8) is 0 Å². The van der Waals surface area contributed by atoms with Gasteiger partial charge >= 0.3 is 0 Å². The van der Waals surface area contributed by atoms with Crippen LogP contribution in [0.2, 0.25) is 0 Å². The van der Waals surface area contributed by atoms with E-state index in [2.05, 4.69) is 0 Å². The maximum atomic E-state index is 9.77.